The average molecular weight is 535 g/mol. The molecule has 4 rings (SSSR count). The zero-order valence-corrected chi connectivity index (χ0v) is 22.5. The highest BCUT2D eigenvalue weighted by molar-refractivity contribution is 8.27. The summed E-state index contributed by atoms with van der Waals surface area (Å²) in [7, 11) is 3.11. The Bertz CT molecular complexity index is 1390. The second-order valence-electron chi connectivity index (χ2n) is 8.21. The van der Waals surface area contributed by atoms with Crippen molar-refractivity contribution in [1.29, 1.82) is 0 Å². The molecule has 3 aromatic carbocycles. The number of hydrogen-bond donors (Lipinski definition) is 1. The molecule has 37 heavy (non-hydrogen) atoms. The number of nitrogens with one attached hydrogen (secondary N) is 1. The number of hydrogen-bond acceptors (Lipinski definition) is 7. The van der Waals surface area contributed by atoms with E-state index in [1.165, 1.54) is 23.8 Å². The highest BCUT2D eigenvalue weighted by Gasteiger charge is 2.33. The maximum Gasteiger partial charge on any atom is 0.270 e. The maximum atomic E-state index is 13.1. The van der Waals surface area contributed by atoms with Crippen LogP contribution in [0.4, 0.5) is 11.4 Å². The first-order valence-corrected chi connectivity index (χ1v) is 12.6. The summed E-state index contributed by atoms with van der Waals surface area (Å²) in [5, 5.41) is 2.87. The molecule has 0 saturated carbocycles. The third-order valence-corrected chi connectivity index (χ3v) is 7.15. The molecule has 0 spiro atoms. The lowest BCUT2D eigenvalue weighted by atomic mass is 10.1. The van der Waals surface area contributed by atoms with Gasteiger partial charge in [-0.2, -0.15) is 0 Å². The van der Waals surface area contributed by atoms with Crippen LogP contribution in [0.15, 0.2) is 65.6 Å². The minimum atomic E-state index is -0.276. The van der Waals surface area contributed by atoms with E-state index in [9.17, 15) is 9.59 Å². The molecular formula is C28H26N2O5S2. The molecule has 1 saturated heterocycles. The van der Waals surface area contributed by atoms with Crippen LogP contribution in [-0.4, -0.2) is 37.0 Å². The molecule has 9 heteroatoms. The van der Waals surface area contributed by atoms with E-state index in [1.54, 1.807) is 55.7 Å². The number of thioether (sulfide) groups is 1. The highest BCUT2D eigenvalue weighted by Crippen LogP contribution is 2.37. The molecule has 1 aliphatic rings. The Balaban J connectivity index is 1.45. The van der Waals surface area contributed by atoms with Gasteiger partial charge in [0.15, 0.2) is 22.4 Å². The lowest BCUT2D eigenvalue weighted by Crippen LogP contribution is -2.27. The Morgan fingerprint density at radius 1 is 1.03 bits per heavy atom. The van der Waals surface area contributed by atoms with Crippen molar-refractivity contribution >= 4 is 57.6 Å². The van der Waals surface area contributed by atoms with Crippen LogP contribution in [-0.2, 0) is 9.59 Å². The monoisotopic (exact) mass is 534 g/mol. The van der Waals surface area contributed by atoms with Gasteiger partial charge in [0.1, 0.15) is 5.75 Å². The number of thiocarbonyl (C=S) groups is 1. The Labute approximate surface area is 225 Å². The van der Waals surface area contributed by atoms with Gasteiger partial charge in [-0.3, -0.25) is 14.5 Å². The smallest absolute Gasteiger partial charge is 0.270 e. The zero-order chi connectivity index (χ0) is 26.5. The van der Waals surface area contributed by atoms with E-state index >= 15 is 0 Å². The zero-order valence-electron chi connectivity index (χ0n) is 20.9. The SMILES string of the molecule is COc1ccc(N2C(=O)/C(=C/c3ccc(OCC(=O)Nc4cccc(C)c4C)c(OC)c3)SC2=S)cc1. The number of nitrogens with zero attached hydrogens (tertiary/aromatic N) is 1. The molecule has 7 nitrogen and oxygen atoms in total. The number of rotatable bonds is 8. The third kappa shape index (κ3) is 5.95. The fourth-order valence-corrected chi connectivity index (χ4v) is 4.98. The van der Waals surface area contributed by atoms with Gasteiger partial charge in [0.2, 0.25) is 0 Å². The molecule has 1 aliphatic heterocycles. The van der Waals surface area contributed by atoms with Crippen LogP contribution < -0.4 is 24.4 Å². The number of aryl methyl sites for hydroxylation is 1. The second kappa shape index (κ2) is 11.5. The van der Waals surface area contributed by atoms with Gasteiger partial charge >= 0.3 is 0 Å². The van der Waals surface area contributed by atoms with E-state index in [1.807, 2.05) is 32.0 Å². The third-order valence-electron chi connectivity index (χ3n) is 5.85. The van der Waals surface area contributed by atoms with E-state index in [2.05, 4.69) is 5.32 Å². The van der Waals surface area contributed by atoms with E-state index in [0.717, 1.165) is 22.4 Å². The standard InChI is InChI=1S/C28H26N2O5S2/c1-17-6-5-7-22(18(17)2)29-26(31)16-35-23-13-8-19(14-24(23)34-4)15-25-27(32)30(28(36)37-25)20-9-11-21(33-3)12-10-20/h5-15H,16H2,1-4H3,(H,29,31)/b25-15-. The molecule has 190 valence electrons. The van der Waals surface area contributed by atoms with Crippen LogP contribution in [0.5, 0.6) is 17.2 Å². The molecule has 0 aromatic heterocycles. The summed E-state index contributed by atoms with van der Waals surface area (Å²) in [6.07, 6.45) is 1.75. The van der Waals surface area contributed by atoms with Crippen molar-refractivity contribution in [3.8, 4) is 17.2 Å². The van der Waals surface area contributed by atoms with Gasteiger partial charge in [0.25, 0.3) is 11.8 Å². The van der Waals surface area contributed by atoms with Crippen LogP contribution in [0.25, 0.3) is 6.08 Å². The van der Waals surface area contributed by atoms with Gasteiger partial charge in [-0.25, -0.2) is 0 Å². The number of carbonyl (C=O) groups excluding carboxylic acids is 2. The lowest BCUT2D eigenvalue weighted by molar-refractivity contribution is -0.118. The van der Waals surface area contributed by atoms with Crippen molar-refractivity contribution in [2.24, 2.45) is 0 Å². The van der Waals surface area contributed by atoms with Crippen LogP contribution in [0.2, 0.25) is 0 Å². The molecule has 1 heterocycles. The number of carbonyl (C=O) groups is 2. The molecule has 2 amide bonds. The second-order valence-corrected chi connectivity index (χ2v) is 9.89. The van der Waals surface area contributed by atoms with Crippen molar-refractivity contribution in [2.45, 2.75) is 13.8 Å². The molecule has 0 bridgehead atoms. The van der Waals surface area contributed by atoms with Crippen LogP contribution in [0, 0.1) is 13.8 Å². The summed E-state index contributed by atoms with van der Waals surface area (Å²) >= 11 is 6.69. The summed E-state index contributed by atoms with van der Waals surface area (Å²) in [6.45, 7) is 3.77. The number of benzene rings is 3. The molecule has 1 fully saturated rings. The summed E-state index contributed by atoms with van der Waals surface area (Å²) in [5.74, 6) is 1.08. The summed E-state index contributed by atoms with van der Waals surface area (Å²) < 4.78 is 16.8. The minimum Gasteiger partial charge on any atom is -0.497 e. The molecule has 0 unspecified atom stereocenters. The summed E-state index contributed by atoms with van der Waals surface area (Å²) in [4.78, 5) is 27.5. The van der Waals surface area contributed by atoms with Gasteiger partial charge in [0.05, 0.1) is 24.8 Å². The summed E-state index contributed by atoms with van der Waals surface area (Å²) in [6, 6.07) is 18.1. The van der Waals surface area contributed by atoms with E-state index in [0.29, 0.717) is 32.2 Å². The van der Waals surface area contributed by atoms with Gasteiger partial charge in [-0.15, -0.1) is 0 Å². The number of anilines is 2. The van der Waals surface area contributed by atoms with Crippen LogP contribution in [0.1, 0.15) is 16.7 Å². The Morgan fingerprint density at radius 2 is 1.78 bits per heavy atom. The van der Waals surface area contributed by atoms with Crippen molar-refractivity contribution in [1.82, 2.24) is 0 Å². The van der Waals surface area contributed by atoms with E-state index < -0.39 is 0 Å². The number of methoxy groups -OCH3 is 2. The quantitative estimate of drug-likeness (QED) is 0.292. The van der Waals surface area contributed by atoms with Crippen LogP contribution >= 0.6 is 24.0 Å². The predicted molar refractivity (Wildman–Crippen MR) is 152 cm³/mol. The lowest BCUT2D eigenvalue weighted by Gasteiger charge is -2.14. The minimum absolute atomic E-state index is 0.177. The average Bonchev–Trinajstić information content (AvgIpc) is 3.18. The molecule has 0 atom stereocenters. The largest absolute Gasteiger partial charge is 0.497 e. The van der Waals surface area contributed by atoms with Gasteiger partial charge in [-0.1, -0.05) is 42.2 Å². The normalized spacial score (nSPS) is 14.2. The van der Waals surface area contributed by atoms with Gasteiger partial charge in [-0.05, 0) is 79.1 Å². The number of amides is 2. The first-order chi connectivity index (χ1) is 17.8. The molecule has 0 aliphatic carbocycles. The summed E-state index contributed by atoms with van der Waals surface area (Å²) in [5.41, 5.74) is 4.27. The molecule has 1 N–H and O–H groups in total. The van der Waals surface area contributed by atoms with Crippen molar-refractivity contribution in [3.05, 3.63) is 82.3 Å². The van der Waals surface area contributed by atoms with Gasteiger partial charge < -0.3 is 19.5 Å². The Morgan fingerprint density at radius 3 is 2.49 bits per heavy atom. The van der Waals surface area contributed by atoms with E-state index in [4.69, 9.17) is 26.4 Å². The van der Waals surface area contributed by atoms with Crippen molar-refractivity contribution in [3.63, 3.8) is 0 Å². The highest BCUT2D eigenvalue weighted by atomic mass is 32.2. The topological polar surface area (TPSA) is 77.1 Å². The number of ether oxygens (including phenoxy) is 3. The predicted octanol–water partition coefficient (Wildman–Crippen LogP) is 5.74. The van der Waals surface area contributed by atoms with Crippen molar-refractivity contribution < 1.29 is 23.8 Å². The Hall–Kier alpha value is -3.82. The molecule has 3 aromatic rings. The first kappa shape index (κ1) is 26.2. The van der Waals surface area contributed by atoms with E-state index in [-0.39, 0.29) is 18.4 Å². The van der Waals surface area contributed by atoms with Gasteiger partial charge in [0, 0.05) is 5.69 Å². The fraction of sp³-hybridized carbons (Fsp3) is 0.179. The Kier molecular flexibility index (Phi) is 8.15. The molecular weight excluding hydrogens is 508 g/mol. The first-order valence-electron chi connectivity index (χ1n) is 11.4. The molecule has 0 radical (unpaired) electrons. The fourth-order valence-electron chi connectivity index (χ4n) is 3.68. The van der Waals surface area contributed by atoms with Crippen LogP contribution in [0.3, 0.4) is 0 Å². The van der Waals surface area contributed by atoms with Crippen molar-refractivity contribution in [2.75, 3.05) is 31.0 Å². The maximum absolute atomic E-state index is 13.1.